The molecule has 0 aliphatic heterocycles. The molecular weight excluding hydrogens is 381 g/mol. The summed E-state index contributed by atoms with van der Waals surface area (Å²) in [7, 11) is 0. The Morgan fingerprint density at radius 3 is 2.90 bits per heavy atom. The van der Waals surface area contributed by atoms with Gasteiger partial charge in [0, 0.05) is 4.47 Å². The molecule has 4 nitrogen and oxygen atoms in total. The summed E-state index contributed by atoms with van der Waals surface area (Å²) in [5.74, 6) is -1.22. The van der Waals surface area contributed by atoms with Gasteiger partial charge in [0.05, 0.1) is 28.0 Å². The lowest BCUT2D eigenvalue weighted by Gasteiger charge is -2.08. The van der Waals surface area contributed by atoms with Crippen molar-refractivity contribution < 1.29 is 9.18 Å². The Morgan fingerprint density at radius 1 is 1.29 bits per heavy atom. The monoisotopic (exact) mass is 385 g/mol. The van der Waals surface area contributed by atoms with Crippen molar-refractivity contribution in [1.82, 2.24) is 8.75 Å². The first-order valence-electron chi connectivity index (χ1n) is 5.73. The molecule has 0 unspecified atom stereocenters. The average Bonchev–Trinajstić information content (AvgIpc) is 2.93. The van der Waals surface area contributed by atoms with Gasteiger partial charge in [0.25, 0.3) is 5.91 Å². The van der Waals surface area contributed by atoms with Crippen LogP contribution in [0.3, 0.4) is 0 Å². The summed E-state index contributed by atoms with van der Waals surface area (Å²) in [6, 6.07) is 7.45. The quantitative estimate of drug-likeness (QED) is 0.705. The maximum absolute atomic E-state index is 13.7. The molecule has 3 rings (SSSR count). The summed E-state index contributed by atoms with van der Waals surface area (Å²) in [6.45, 7) is 0. The number of aromatic nitrogens is 2. The highest BCUT2D eigenvalue weighted by atomic mass is 79.9. The van der Waals surface area contributed by atoms with E-state index < -0.39 is 11.7 Å². The van der Waals surface area contributed by atoms with Crippen LogP contribution in [0.5, 0.6) is 0 Å². The van der Waals surface area contributed by atoms with Crippen LogP contribution in [0.25, 0.3) is 11.0 Å². The van der Waals surface area contributed by atoms with Crippen molar-refractivity contribution in [1.29, 1.82) is 0 Å². The van der Waals surface area contributed by atoms with Crippen LogP contribution in [-0.2, 0) is 0 Å². The molecule has 0 saturated carbocycles. The lowest BCUT2D eigenvalue weighted by atomic mass is 10.2. The van der Waals surface area contributed by atoms with Gasteiger partial charge in [-0.3, -0.25) is 4.79 Å². The van der Waals surface area contributed by atoms with Gasteiger partial charge in [-0.15, -0.1) is 0 Å². The summed E-state index contributed by atoms with van der Waals surface area (Å²) < 4.78 is 22.5. The van der Waals surface area contributed by atoms with Crippen molar-refractivity contribution in [3.63, 3.8) is 0 Å². The third kappa shape index (κ3) is 2.76. The van der Waals surface area contributed by atoms with Gasteiger partial charge in [0.15, 0.2) is 0 Å². The van der Waals surface area contributed by atoms with E-state index in [1.165, 1.54) is 18.2 Å². The van der Waals surface area contributed by atoms with E-state index in [-0.39, 0.29) is 5.56 Å². The van der Waals surface area contributed by atoms with Crippen LogP contribution in [0.4, 0.5) is 10.1 Å². The molecule has 21 heavy (non-hydrogen) atoms. The number of fused-ring (bicyclic) bond motifs is 1. The molecule has 0 bridgehead atoms. The fraction of sp³-hybridized carbons (Fsp3) is 0. The van der Waals surface area contributed by atoms with Crippen LogP contribution in [0.15, 0.2) is 34.8 Å². The van der Waals surface area contributed by atoms with Crippen LogP contribution in [0.1, 0.15) is 10.4 Å². The predicted octanol–water partition coefficient (Wildman–Crippen LogP) is 4.50. The van der Waals surface area contributed by atoms with E-state index in [0.29, 0.717) is 26.2 Å². The van der Waals surface area contributed by atoms with E-state index in [1.54, 1.807) is 12.1 Å². The molecule has 3 aromatic rings. The van der Waals surface area contributed by atoms with Crippen LogP contribution >= 0.6 is 39.3 Å². The Balaban J connectivity index is 2.02. The fourth-order valence-corrected chi connectivity index (χ4v) is 2.90. The number of benzene rings is 2. The largest absolute Gasteiger partial charge is 0.319 e. The number of halogens is 3. The van der Waals surface area contributed by atoms with Crippen molar-refractivity contribution in [3.05, 3.63) is 51.2 Å². The Labute approximate surface area is 136 Å². The first kappa shape index (κ1) is 14.4. The van der Waals surface area contributed by atoms with Gasteiger partial charge >= 0.3 is 0 Å². The second-order valence-electron chi connectivity index (χ2n) is 4.13. The van der Waals surface area contributed by atoms with Crippen molar-refractivity contribution >= 4 is 61.9 Å². The molecule has 0 spiro atoms. The van der Waals surface area contributed by atoms with Crippen molar-refractivity contribution in [2.45, 2.75) is 0 Å². The summed E-state index contributed by atoms with van der Waals surface area (Å²) in [5, 5.41) is 2.91. The average molecular weight is 387 g/mol. The zero-order valence-electron chi connectivity index (χ0n) is 10.2. The lowest BCUT2D eigenvalue weighted by molar-refractivity contribution is 0.102. The van der Waals surface area contributed by atoms with E-state index in [9.17, 15) is 9.18 Å². The van der Waals surface area contributed by atoms with Gasteiger partial charge in [0.2, 0.25) is 0 Å². The minimum absolute atomic E-state index is 0.0827. The highest BCUT2D eigenvalue weighted by molar-refractivity contribution is 9.10. The van der Waals surface area contributed by atoms with Gasteiger partial charge in [-0.25, -0.2) is 4.39 Å². The lowest BCUT2D eigenvalue weighted by Crippen LogP contribution is -2.14. The van der Waals surface area contributed by atoms with E-state index in [4.69, 9.17) is 11.6 Å². The van der Waals surface area contributed by atoms with E-state index in [1.807, 2.05) is 0 Å². The first-order chi connectivity index (χ1) is 10.1. The molecular formula is C13H6BrClFN3OS. The number of amides is 1. The van der Waals surface area contributed by atoms with E-state index in [0.717, 1.165) is 11.7 Å². The number of anilines is 1. The van der Waals surface area contributed by atoms with E-state index >= 15 is 0 Å². The van der Waals surface area contributed by atoms with Crippen molar-refractivity contribution in [2.75, 3.05) is 5.32 Å². The molecule has 1 aromatic heterocycles. The van der Waals surface area contributed by atoms with Crippen LogP contribution in [0, 0.1) is 5.82 Å². The molecule has 1 amide bonds. The van der Waals surface area contributed by atoms with Crippen molar-refractivity contribution in [3.8, 4) is 0 Å². The summed E-state index contributed by atoms with van der Waals surface area (Å²) in [6.07, 6.45) is 0. The van der Waals surface area contributed by atoms with Gasteiger partial charge in [-0.2, -0.15) is 8.75 Å². The van der Waals surface area contributed by atoms with Gasteiger partial charge in [0.1, 0.15) is 16.9 Å². The number of nitrogens with zero attached hydrogens (tertiary/aromatic N) is 2. The number of carbonyl (C=O) groups is 1. The molecule has 106 valence electrons. The normalized spacial score (nSPS) is 10.8. The second kappa shape index (κ2) is 5.67. The summed E-state index contributed by atoms with van der Waals surface area (Å²) in [5.41, 5.74) is 1.35. The number of rotatable bonds is 2. The first-order valence-corrected chi connectivity index (χ1v) is 7.63. The zero-order chi connectivity index (χ0) is 15.0. The van der Waals surface area contributed by atoms with E-state index in [2.05, 4.69) is 30.0 Å². The highest BCUT2D eigenvalue weighted by Gasteiger charge is 2.17. The zero-order valence-corrected chi connectivity index (χ0v) is 13.4. The molecule has 0 fully saturated rings. The standard InChI is InChI=1S/C13H6BrClFN3OS/c14-6-1-3-9(16)7(5-6)13(20)17-11-8(15)2-4-10-12(11)19-21-18-10/h1-5H,(H,17,20). The van der Waals surface area contributed by atoms with Gasteiger partial charge < -0.3 is 5.32 Å². The smallest absolute Gasteiger partial charge is 0.258 e. The maximum Gasteiger partial charge on any atom is 0.258 e. The molecule has 0 aliphatic rings. The molecule has 1 N–H and O–H groups in total. The van der Waals surface area contributed by atoms with Gasteiger partial charge in [-0.1, -0.05) is 27.5 Å². The number of nitrogens with one attached hydrogen (secondary N) is 1. The highest BCUT2D eigenvalue weighted by Crippen LogP contribution is 2.30. The third-order valence-corrected chi connectivity index (χ3v) is 4.14. The molecule has 0 radical (unpaired) electrons. The number of hydrogen-bond donors (Lipinski definition) is 1. The minimum atomic E-state index is -0.615. The molecule has 1 heterocycles. The molecule has 0 atom stereocenters. The molecule has 0 saturated heterocycles. The molecule has 2 aromatic carbocycles. The SMILES string of the molecule is O=C(Nc1c(Cl)ccc2nsnc12)c1cc(Br)ccc1F. The third-order valence-electron chi connectivity index (χ3n) is 2.79. The molecule has 0 aliphatic carbocycles. The predicted molar refractivity (Wildman–Crippen MR) is 84.5 cm³/mol. The topological polar surface area (TPSA) is 54.9 Å². The Hall–Kier alpha value is -1.57. The maximum atomic E-state index is 13.7. The minimum Gasteiger partial charge on any atom is -0.319 e. The summed E-state index contributed by atoms with van der Waals surface area (Å²) in [4.78, 5) is 12.2. The Morgan fingerprint density at radius 2 is 2.10 bits per heavy atom. The Kier molecular flexibility index (Phi) is 3.88. The molecule has 8 heteroatoms. The Bertz CT molecular complexity index is 855. The summed E-state index contributed by atoms with van der Waals surface area (Å²) >= 11 is 10.3. The number of hydrogen-bond acceptors (Lipinski definition) is 4. The second-order valence-corrected chi connectivity index (χ2v) is 5.98. The van der Waals surface area contributed by atoms with Crippen LogP contribution < -0.4 is 5.32 Å². The van der Waals surface area contributed by atoms with Crippen molar-refractivity contribution in [2.24, 2.45) is 0 Å². The number of carbonyl (C=O) groups excluding carboxylic acids is 1. The fourth-order valence-electron chi connectivity index (χ4n) is 1.80. The van der Waals surface area contributed by atoms with Crippen LogP contribution in [-0.4, -0.2) is 14.7 Å². The van der Waals surface area contributed by atoms with Gasteiger partial charge in [-0.05, 0) is 30.3 Å². The van der Waals surface area contributed by atoms with Crippen LogP contribution in [0.2, 0.25) is 5.02 Å².